The highest BCUT2D eigenvalue weighted by atomic mass is 16.4. The van der Waals surface area contributed by atoms with Crippen molar-refractivity contribution in [3.8, 4) is 0 Å². The molecule has 3 heterocycles. The summed E-state index contributed by atoms with van der Waals surface area (Å²) in [6, 6.07) is 7.49. The Labute approximate surface area is 167 Å². The molecule has 1 aliphatic heterocycles. The monoisotopic (exact) mass is 393 g/mol. The lowest BCUT2D eigenvalue weighted by molar-refractivity contribution is 0.0695. The van der Waals surface area contributed by atoms with E-state index in [0.717, 1.165) is 43.2 Å². The van der Waals surface area contributed by atoms with Crippen molar-refractivity contribution in [1.29, 1.82) is 0 Å². The number of benzene rings is 1. The van der Waals surface area contributed by atoms with Crippen LogP contribution in [0, 0.1) is 6.92 Å². The first-order chi connectivity index (χ1) is 13.9. The van der Waals surface area contributed by atoms with Crippen LogP contribution in [0.3, 0.4) is 0 Å². The molecule has 8 heteroatoms. The summed E-state index contributed by atoms with van der Waals surface area (Å²) in [4.78, 5) is 32.9. The number of nitrogens with two attached hydrogens (primary N) is 1. The van der Waals surface area contributed by atoms with E-state index in [1.54, 1.807) is 23.9 Å². The zero-order valence-electron chi connectivity index (χ0n) is 16.4. The van der Waals surface area contributed by atoms with E-state index in [1.165, 1.54) is 6.20 Å². The average molecular weight is 393 g/mol. The van der Waals surface area contributed by atoms with Crippen LogP contribution in [-0.2, 0) is 7.05 Å². The van der Waals surface area contributed by atoms with Gasteiger partial charge in [-0.15, -0.1) is 0 Å². The Balaban J connectivity index is 1.72. The molecule has 1 aromatic carbocycles. The van der Waals surface area contributed by atoms with Gasteiger partial charge in [0.05, 0.1) is 16.9 Å². The van der Waals surface area contributed by atoms with Gasteiger partial charge >= 0.3 is 5.97 Å². The third-order valence-corrected chi connectivity index (χ3v) is 5.50. The molecule has 1 fully saturated rings. The number of nitrogen functional groups attached to an aromatic ring is 1. The van der Waals surface area contributed by atoms with Crippen molar-refractivity contribution in [3.63, 3.8) is 0 Å². The van der Waals surface area contributed by atoms with Gasteiger partial charge in [-0.05, 0) is 30.7 Å². The number of carboxylic acid groups (broad SMARTS) is 1. The fourth-order valence-corrected chi connectivity index (χ4v) is 4.18. The van der Waals surface area contributed by atoms with Gasteiger partial charge in [-0.2, -0.15) is 0 Å². The van der Waals surface area contributed by atoms with E-state index in [9.17, 15) is 14.7 Å². The largest absolute Gasteiger partial charge is 0.477 e. The molecule has 0 unspecified atom stereocenters. The van der Waals surface area contributed by atoms with E-state index in [2.05, 4.69) is 14.8 Å². The number of nitrogens with zero attached hydrogens (tertiary/aromatic N) is 4. The number of hydrogen-bond acceptors (Lipinski definition) is 6. The van der Waals surface area contributed by atoms with Gasteiger partial charge in [0, 0.05) is 51.0 Å². The molecule has 8 nitrogen and oxygen atoms in total. The third kappa shape index (κ3) is 3.16. The summed E-state index contributed by atoms with van der Waals surface area (Å²) in [6.45, 7) is 5.09. The van der Waals surface area contributed by atoms with E-state index >= 15 is 0 Å². The number of pyridine rings is 2. The first-order valence-electron chi connectivity index (χ1n) is 9.45. The molecule has 150 valence electrons. The number of aryl methyl sites for hydroxylation is 2. The summed E-state index contributed by atoms with van der Waals surface area (Å²) in [6.07, 6.45) is 3.16. The summed E-state index contributed by atoms with van der Waals surface area (Å²) < 4.78 is 1.70. The number of hydrogen-bond donors (Lipinski definition) is 2. The lowest BCUT2D eigenvalue weighted by atomic mass is 10.0. The van der Waals surface area contributed by atoms with E-state index in [1.807, 2.05) is 25.1 Å². The second-order valence-electron chi connectivity index (χ2n) is 7.29. The number of rotatable bonds is 3. The number of fused-ring (bicyclic) bond motifs is 1. The number of carbonyl (C=O) groups is 1. The van der Waals surface area contributed by atoms with Crippen LogP contribution >= 0.6 is 0 Å². The van der Waals surface area contributed by atoms with Gasteiger partial charge in [0.2, 0.25) is 5.43 Å². The van der Waals surface area contributed by atoms with Crippen LogP contribution in [0.15, 0.2) is 41.5 Å². The molecular formula is C21H23N5O3. The second-order valence-corrected chi connectivity index (χ2v) is 7.29. The van der Waals surface area contributed by atoms with Crippen LogP contribution in [0.4, 0.5) is 17.2 Å². The molecule has 0 atom stereocenters. The van der Waals surface area contributed by atoms with Crippen LogP contribution in [0.1, 0.15) is 15.9 Å². The minimum Gasteiger partial charge on any atom is -0.477 e. The fraction of sp³-hybridized carbons (Fsp3) is 0.286. The Morgan fingerprint density at radius 3 is 2.48 bits per heavy atom. The number of aromatic nitrogens is 2. The predicted octanol–water partition coefficient (Wildman–Crippen LogP) is 1.85. The van der Waals surface area contributed by atoms with Gasteiger partial charge in [-0.3, -0.25) is 4.79 Å². The number of aromatic carboxylic acids is 1. The first-order valence-corrected chi connectivity index (χ1v) is 9.45. The predicted molar refractivity (Wildman–Crippen MR) is 114 cm³/mol. The van der Waals surface area contributed by atoms with Crippen molar-refractivity contribution in [2.75, 3.05) is 41.7 Å². The minimum absolute atomic E-state index is 0.254. The summed E-state index contributed by atoms with van der Waals surface area (Å²) in [5.41, 5.74) is 8.55. The SMILES string of the molecule is Cc1c(N2CCN(c3ccccn3)CC2)c(N)cc2c(=O)c(C(=O)O)cn(C)c12. The van der Waals surface area contributed by atoms with Crippen LogP contribution in [0.25, 0.3) is 10.9 Å². The lowest BCUT2D eigenvalue weighted by Crippen LogP contribution is -2.47. The Hall–Kier alpha value is -3.55. The van der Waals surface area contributed by atoms with Crippen LogP contribution in [-0.4, -0.2) is 46.8 Å². The second kappa shape index (κ2) is 7.12. The number of carboxylic acids is 1. The van der Waals surface area contributed by atoms with Crippen molar-refractivity contribution in [2.24, 2.45) is 7.05 Å². The van der Waals surface area contributed by atoms with E-state index < -0.39 is 11.4 Å². The number of anilines is 3. The molecule has 1 aliphatic rings. The molecule has 29 heavy (non-hydrogen) atoms. The highest BCUT2D eigenvalue weighted by Gasteiger charge is 2.24. The molecule has 1 saturated heterocycles. The standard InChI is InChI=1S/C21H23N5O3/c1-13-18-14(20(27)15(21(28)29)12-24(18)2)11-16(22)19(13)26-9-7-25(8-10-26)17-5-3-4-6-23-17/h3-6,11-12H,7-10,22H2,1-2H3,(H,28,29). The Morgan fingerprint density at radius 1 is 1.17 bits per heavy atom. The highest BCUT2D eigenvalue weighted by molar-refractivity contribution is 5.98. The summed E-state index contributed by atoms with van der Waals surface area (Å²) in [7, 11) is 1.75. The van der Waals surface area contributed by atoms with E-state index in [0.29, 0.717) is 16.6 Å². The molecule has 3 N–H and O–H groups in total. The molecule has 3 aromatic rings. The molecule has 0 bridgehead atoms. The van der Waals surface area contributed by atoms with E-state index in [4.69, 9.17) is 5.73 Å². The van der Waals surface area contributed by atoms with Gasteiger partial charge in [0.15, 0.2) is 0 Å². The van der Waals surface area contributed by atoms with Gasteiger partial charge < -0.3 is 25.2 Å². The number of piperazine rings is 1. The molecule has 0 aliphatic carbocycles. The van der Waals surface area contributed by atoms with Gasteiger partial charge in [-0.1, -0.05) is 6.07 Å². The van der Waals surface area contributed by atoms with Crippen LogP contribution in [0.2, 0.25) is 0 Å². The molecule has 0 saturated carbocycles. The maximum atomic E-state index is 12.6. The average Bonchev–Trinajstić information content (AvgIpc) is 2.71. The smallest absolute Gasteiger partial charge is 0.341 e. The van der Waals surface area contributed by atoms with Crippen molar-refractivity contribution in [2.45, 2.75) is 6.92 Å². The normalized spacial score (nSPS) is 14.4. The van der Waals surface area contributed by atoms with E-state index in [-0.39, 0.29) is 5.56 Å². The highest BCUT2D eigenvalue weighted by Crippen LogP contribution is 2.34. The van der Waals surface area contributed by atoms with Crippen molar-refractivity contribution in [1.82, 2.24) is 9.55 Å². The Morgan fingerprint density at radius 2 is 1.86 bits per heavy atom. The molecule has 0 spiro atoms. The molecular weight excluding hydrogens is 370 g/mol. The van der Waals surface area contributed by atoms with Gasteiger partial charge in [0.25, 0.3) is 0 Å². The van der Waals surface area contributed by atoms with Crippen molar-refractivity contribution in [3.05, 3.63) is 58.0 Å². The topological polar surface area (TPSA) is 105 Å². The fourth-order valence-electron chi connectivity index (χ4n) is 4.18. The third-order valence-electron chi connectivity index (χ3n) is 5.50. The van der Waals surface area contributed by atoms with Crippen LogP contribution in [0.5, 0.6) is 0 Å². The van der Waals surface area contributed by atoms with Crippen molar-refractivity contribution >= 4 is 34.1 Å². The minimum atomic E-state index is -1.24. The lowest BCUT2D eigenvalue weighted by Gasteiger charge is -2.38. The zero-order chi connectivity index (χ0) is 20.7. The van der Waals surface area contributed by atoms with Crippen LogP contribution < -0.4 is 21.0 Å². The summed E-state index contributed by atoms with van der Waals surface area (Å²) in [5.74, 6) is -0.280. The Kier molecular flexibility index (Phi) is 4.62. The van der Waals surface area contributed by atoms with Gasteiger partial charge in [-0.25, -0.2) is 9.78 Å². The van der Waals surface area contributed by atoms with Crippen molar-refractivity contribution < 1.29 is 9.90 Å². The Bertz CT molecular complexity index is 1150. The molecule has 2 aromatic heterocycles. The van der Waals surface area contributed by atoms with Gasteiger partial charge in [0.1, 0.15) is 11.4 Å². The first kappa shape index (κ1) is 18.8. The quantitative estimate of drug-likeness (QED) is 0.654. The maximum absolute atomic E-state index is 12.6. The maximum Gasteiger partial charge on any atom is 0.341 e. The molecule has 4 rings (SSSR count). The molecule has 0 amide bonds. The summed E-state index contributed by atoms with van der Waals surface area (Å²) >= 11 is 0. The zero-order valence-corrected chi connectivity index (χ0v) is 16.4. The molecule has 0 radical (unpaired) electrons. The summed E-state index contributed by atoms with van der Waals surface area (Å²) in [5, 5.41) is 9.63.